The zero-order valence-corrected chi connectivity index (χ0v) is 11.3. The molecule has 0 saturated carbocycles. The fraction of sp³-hybridized carbons (Fsp3) is 0.125. The summed E-state index contributed by atoms with van der Waals surface area (Å²) in [5, 5.41) is 2.69. The molecule has 0 saturated heterocycles. The quantitative estimate of drug-likeness (QED) is 0.862. The molecule has 0 heterocycles. The van der Waals surface area contributed by atoms with Crippen LogP contribution in [0.5, 0.6) is 11.5 Å². The van der Waals surface area contributed by atoms with Crippen LogP contribution in [0, 0.1) is 0 Å². The van der Waals surface area contributed by atoms with E-state index in [0.29, 0.717) is 22.7 Å². The number of hydrogen-bond donors (Lipinski definition) is 1. The number of nitrogens with one attached hydrogen (secondary N) is 1. The lowest BCUT2D eigenvalue weighted by Crippen LogP contribution is -2.07. The van der Waals surface area contributed by atoms with E-state index in [0.717, 1.165) is 0 Å². The molecule has 20 heavy (non-hydrogen) atoms. The first-order valence-corrected chi connectivity index (χ1v) is 6.22. The monoisotopic (exact) mass is 269 g/mol. The molecule has 0 aliphatic rings. The van der Waals surface area contributed by atoms with Crippen molar-refractivity contribution in [1.29, 1.82) is 0 Å². The highest BCUT2D eigenvalue weighted by atomic mass is 16.5. The smallest absolute Gasteiger partial charge is 0.221 e. The second-order valence-electron chi connectivity index (χ2n) is 4.33. The minimum Gasteiger partial charge on any atom is -0.454 e. The van der Waals surface area contributed by atoms with Gasteiger partial charge in [-0.15, -0.1) is 0 Å². The normalized spacial score (nSPS) is 9.90. The number of rotatable bonds is 4. The van der Waals surface area contributed by atoms with Crippen LogP contribution >= 0.6 is 0 Å². The maximum absolute atomic E-state index is 11.6. The Morgan fingerprint density at radius 1 is 0.900 bits per heavy atom. The lowest BCUT2D eigenvalue weighted by molar-refractivity contribution is -0.114. The molecule has 1 amide bonds. The first-order valence-electron chi connectivity index (χ1n) is 6.22. The SMILES string of the molecule is CC(=O)Nc1ccccc1Oc1ccccc1C(C)=O. The van der Waals surface area contributed by atoms with Crippen molar-refractivity contribution in [2.75, 3.05) is 5.32 Å². The highest BCUT2D eigenvalue weighted by Crippen LogP contribution is 2.31. The van der Waals surface area contributed by atoms with Crippen molar-refractivity contribution in [2.24, 2.45) is 0 Å². The van der Waals surface area contributed by atoms with Crippen molar-refractivity contribution in [3.05, 3.63) is 54.1 Å². The van der Waals surface area contributed by atoms with Crippen LogP contribution in [0.15, 0.2) is 48.5 Å². The first-order chi connectivity index (χ1) is 9.58. The Bertz CT molecular complexity index is 650. The molecule has 0 aromatic heterocycles. The number of Topliss-reactive ketones (excluding diaryl/α,β-unsaturated/α-hetero) is 1. The Morgan fingerprint density at radius 3 is 2.15 bits per heavy atom. The van der Waals surface area contributed by atoms with Crippen molar-refractivity contribution in [2.45, 2.75) is 13.8 Å². The molecule has 0 radical (unpaired) electrons. The van der Waals surface area contributed by atoms with Gasteiger partial charge in [0.15, 0.2) is 11.5 Å². The van der Waals surface area contributed by atoms with Crippen LogP contribution in [0.25, 0.3) is 0 Å². The standard InChI is InChI=1S/C16H15NO3/c1-11(18)13-7-3-5-9-15(13)20-16-10-6-4-8-14(16)17-12(2)19/h3-10H,1-2H3,(H,17,19). The third-order valence-electron chi connectivity index (χ3n) is 2.68. The van der Waals surface area contributed by atoms with E-state index in [9.17, 15) is 9.59 Å². The molecule has 102 valence electrons. The minimum absolute atomic E-state index is 0.0717. The van der Waals surface area contributed by atoms with Gasteiger partial charge in [0.1, 0.15) is 5.75 Å². The molecule has 2 aromatic rings. The number of carbonyl (C=O) groups is 2. The Hall–Kier alpha value is -2.62. The van der Waals surface area contributed by atoms with Gasteiger partial charge in [-0.3, -0.25) is 9.59 Å². The van der Waals surface area contributed by atoms with Crippen molar-refractivity contribution in [3.8, 4) is 11.5 Å². The summed E-state index contributed by atoms with van der Waals surface area (Å²) in [6.45, 7) is 2.92. The number of carbonyl (C=O) groups excluding carboxylic acids is 2. The highest BCUT2D eigenvalue weighted by molar-refractivity contribution is 5.97. The predicted octanol–water partition coefficient (Wildman–Crippen LogP) is 3.64. The summed E-state index contributed by atoms with van der Waals surface area (Å²) in [5.74, 6) is 0.715. The average Bonchev–Trinajstić information content (AvgIpc) is 2.41. The predicted molar refractivity (Wildman–Crippen MR) is 77.3 cm³/mol. The summed E-state index contributed by atoms with van der Waals surface area (Å²) >= 11 is 0. The van der Waals surface area contributed by atoms with Crippen LogP contribution in [0.2, 0.25) is 0 Å². The molecule has 4 nitrogen and oxygen atoms in total. The van der Waals surface area contributed by atoms with E-state index in [2.05, 4.69) is 5.32 Å². The minimum atomic E-state index is -0.180. The lowest BCUT2D eigenvalue weighted by Gasteiger charge is -2.13. The third kappa shape index (κ3) is 3.23. The fourth-order valence-corrected chi connectivity index (χ4v) is 1.81. The van der Waals surface area contributed by atoms with Gasteiger partial charge in [-0.1, -0.05) is 24.3 Å². The fourth-order valence-electron chi connectivity index (χ4n) is 1.81. The summed E-state index contributed by atoms with van der Waals surface area (Å²) < 4.78 is 5.77. The van der Waals surface area contributed by atoms with Gasteiger partial charge in [0, 0.05) is 6.92 Å². The van der Waals surface area contributed by atoms with Crippen molar-refractivity contribution in [3.63, 3.8) is 0 Å². The molecular weight excluding hydrogens is 254 g/mol. The van der Waals surface area contributed by atoms with E-state index in [1.54, 1.807) is 48.5 Å². The van der Waals surface area contributed by atoms with Crippen LogP contribution in [-0.4, -0.2) is 11.7 Å². The number of amides is 1. The second kappa shape index (κ2) is 6.02. The molecule has 1 N–H and O–H groups in total. The van der Waals surface area contributed by atoms with Gasteiger partial charge in [0.2, 0.25) is 5.91 Å². The van der Waals surface area contributed by atoms with Gasteiger partial charge in [0.05, 0.1) is 11.3 Å². The molecule has 0 bridgehead atoms. The summed E-state index contributed by atoms with van der Waals surface area (Å²) in [5.41, 5.74) is 1.07. The van der Waals surface area contributed by atoms with Gasteiger partial charge in [-0.25, -0.2) is 0 Å². The largest absolute Gasteiger partial charge is 0.454 e. The zero-order chi connectivity index (χ0) is 14.5. The van der Waals surface area contributed by atoms with E-state index in [-0.39, 0.29) is 11.7 Å². The van der Waals surface area contributed by atoms with Gasteiger partial charge < -0.3 is 10.1 Å². The Labute approximate surface area is 117 Å². The molecule has 0 aliphatic heterocycles. The molecular formula is C16H15NO3. The topological polar surface area (TPSA) is 55.4 Å². The van der Waals surface area contributed by atoms with Gasteiger partial charge in [-0.2, -0.15) is 0 Å². The Morgan fingerprint density at radius 2 is 1.50 bits per heavy atom. The maximum atomic E-state index is 11.6. The zero-order valence-electron chi connectivity index (χ0n) is 11.3. The number of para-hydroxylation sites is 3. The van der Waals surface area contributed by atoms with E-state index in [1.807, 2.05) is 0 Å². The van der Waals surface area contributed by atoms with Crippen LogP contribution in [0.4, 0.5) is 5.69 Å². The number of hydrogen-bond acceptors (Lipinski definition) is 3. The van der Waals surface area contributed by atoms with Crippen LogP contribution in [0.3, 0.4) is 0 Å². The third-order valence-corrected chi connectivity index (χ3v) is 2.68. The second-order valence-corrected chi connectivity index (χ2v) is 4.33. The Balaban J connectivity index is 2.35. The van der Waals surface area contributed by atoms with Crippen LogP contribution < -0.4 is 10.1 Å². The van der Waals surface area contributed by atoms with Crippen molar-refractivity contribution < 1.29 is 14.3 Å². The lowest BCUT2D eigenvalue weighted by atomic mass is 10.1. The Kier molecular flexibility index (Phi) is 4.15. The van der Waals surface area contributed by atoms with Gasteiger partial charge in [0.25, 0.3) is 0 Å². The van der Waals surface area contributed by atoms with Gasteiger partial charge in [-0.05, 0) is 31.2 Å². The number of anilines is 1. The van der Waals surface area contributed by atoms with Crippen LogP contribution in [-0.2, 0) is 4.79 Å². The van der Waals surface area contributed by atoms with Crippen LogP contribution in [0.1, 0.15) is 24.2 Å². The summed E-state index contributed by atoms with van der Waals surface area (Å²) in [4.78, 5) is 22.7. The molecule has 0 unspecified atom stereocenters. The first kappa shape index (κ1) is 13.8. The van der Waals surface area contributed by atoms with E-state index in [1.165, 1.54) is 13.8 Å². The van der Waals surface area contributed by atoms with E-state index < -0.39 is 0 Å². The van der Waals surface area contributed by atoms with Gasteiger partial charge >= 0.3 is 0 Å². The number of ketones is 1. The summed E-state index contributed by atoms with van der Waals surface area (Å²) in [6.07, 6.45) is 0. The van der Waals surface area contributed by atoms with Crippen molar-refractivity contribution >= 4 is 17.4 Å². The summed E-state index contributed by atoms with van der Waals surface area (Å²) in [6, 6.07) is 14.1. The van der Waals surface area contributed by atoms with E-state index in [4.69, 9.17) is 4.74 Å². The van der Waals surface area contributed by atoms with Crippen molar-refractivity contribution in [1.82, 2.24) is 0 Å². The molecule has 2 aromatic carbocycles. The number of benzene rings is 2. The molecule has 0 aliphatic carbocycles. The van der Waals surface area contributed by atoms with E-state index >= 15 is 0 Å². The number of ether oxygens (including phenoxy) is 1. The highest BCUT2D eigenvalue weighted by Gasteiger charge is 2.11. The average molecular weight is 269 g/mol. The summed E-state index contributed by atoms with van der Waals surface area (Å²) in [7, 11) is 0. The maximum Gasteiger partial charge on any atom is 0.221 e. The molecule has 0 atom stereocenters. The molecule has 2 rings (SSSR count). The molecule has 0 spiro atoms. The molecule has 0 fully saturated rings. The molecule has 4 heteroatoms.